The highest BCUT2D eigenvalue weighted by Gasteiger charge is 1.93. The van der Waals surface area contributed by atoms with Crippen LogP contribution in [-0.2, 0) is 16.0 Å². The van der Waals surface area contributed by atoms with Crippen LogP contribution in [0.5, 0.6) is 0 Å². The molecule has 0 amide bonds. The van der Waals surface area contributed by atoms with Gasteiger partial charge in [0.1, 0.15) is 0 Å². The molecule has 0 radical (unpaired) electrons. The number of esters is 1. The van der Waals surface area contributed by atoms with Crippen molar-refractivity contribution < 1.29 is 9.53 Å². The average Bonchev–Trinajstić information content (AvgIpc) is 2.42. The maximum atomic E-state index is 10.8. The Balaban J connectivity index is 1.96. The van der Waals surface area contributed by atoms with E-state index in [0.29, 0.717) is 0 Å². The van der Waals surface area contributed by atoms with Crippen molar-refractivity contribution in [2.75, 3.05) is 7.11 Å². The number of hydrogen-bond donors (Lipinski definition) is 0. The second kappa shape index (κ2) is 9.46. The molecule has 0 aliphatic carbocycles. The molecule has 0 saturated carbocycles. The van der Waals surface area contributed by atoms with Gasteiger partial charge in [-0.1, -0.05) is 49.2 Å². The van der Waals surface area contributed by atoms with Gasteiger partial charge < -0.3 is 4.74 Å². The van der Waals surface area contributed by atoms with Gasteiger partial charge in [0.25, 0.3) is 0 Å². The van der Waals surface area contributed by atoms with E-state index in [1.165, 1.54) is 44.4 Å². The fourth-order valence-electron chi connectivity index (χ4n) is 1.84. The van der Waals surface area contributed by atoms with E-state index in [2.05, 4.69) is 35.1 Å². The number of aryl methyl sites for hydroxylation is 1. The molecular weight excluding hydrogens is 224 g/mol. The Kier molecular flexibility index (Phi) is 7.61. The third-order valence-corrected chi connectivity index (χ3v) is 2.88. The van der Waals surface area contributed by atoms with Gasteiger partial charge >= 0.3 is 5.97 Å². The van der Waals surface area contributed by atoms with Crippen molar-refractivity contribution in [2.24, 2.45) is 0 Å². The summed E-state index contributed by atoms with van der Waals surface area (Å²) in [6, 6.07) is 10.6. The molecule has 0 unspecified atom stereocenters. The van der Waals surface area contributed by atoms with Gasteiger partial charge in [0, 0.05) is 6.08 Å². The van der Waals surface area contributed by atoms with E-state index in [9.17, 15) is 4.79 Å². The Morgan fingerprint density at radius 1 is 1.11 bits per heavy atom. The Bertz CT molecular complexity index is 355. The molecule has 2 nitrogen and oxygen atoms in total. The molecule has 0 fully saturated rings. The van der Waals surface area contributed by atoms with Crippen LogP contribution < -0.4 is 0 Å². The number of methoxy groups -OCH3 is 1. The molecule has 0 N–H and O–H groups in total. The zero-order valence-corrected chi connectivity index (χ0v) is 11.1. The molecular formula is C16H22O2. The van der Waals surface area contributed by atoms with E-state index in [0.717, 1.165) is 12.8 Å². The number of carbonyl (C=O) groups excluding carboxylic acids is 1. The molecule has 1 rings (SSSR count). The third kappa shape index (κ3) is 6.89. The minimum Gasteiger partial charge on any atom is -0.466 e. The van der Waals surface area contributed by atoms with E-state index >= 15 is 0 Å². The Hall–Kier alpha value is -1.57. The van der Waals surface area contributed by atoms with E-state index in [1.54, 1.807) is 0 Å². The van der Waals surface area contributed by atoms with Crippen LogP contribution in [-0.4, -0.2) is 13.1 Å². The van der Waals surface area contributed by atoms with E-state index in [1.807, 2.05) is 6.08 Å². The van der Waals surface area contributed by atoms with Crippen LogP contribution in [0.3, 0.4) is 0 Å². The first-order chi connectivity index (χ1) is 8.83. The highest BCUT2D eigenvalue weighted by Crippen LogP contribution is 2.08. The summed E-state index contributed by atoms with van der Waals surface area (Å²) in [6.07, 6.45) is 10.4. The largest absolute Gasteiger partial charge is 0.466 e. The molecule has 0 aliphatic rings. The van der Waals surface area contributed by atoms with Gasteiger partial charge in [-0.2, -0.15) is 0 Å². The minimum absolute atomic E-state index is 0.265. The van der Waals surface area contributed by atoms with Gasteiger partial charge in [0.2, 0.25) is 0 Å². The van der Waals surface area contributed by atoms with Gasteiger partial charge in [-0.15, -0.1) is 0 Å². The first-order valence-electron chi connectivity index (χ1n) is 6.61. The van der Waals surface area contributed by atoms with Gasteiger partial charge in [-0.3, -0.25) is 0 Å². The monoisotopic (exact) mass is 246 g/mol. The SMILES string of the molecule is COC(=O)/C=C/CCCCCCc1ccccc1. The smallest absolute Gasteiger partial charge is 0.330 e. The number of hydrogen-bond acceptors (Lipinski definition) is 2. The van der Waals surface area contributed by atoms with Gasteiger partial charge in [-0.05, 0) is 31.2 Å². The maximum absolute atomic E-state index is 10.8. The summed E-state index contributed by atoms with van der Waals surface area (Å²) < 4.78 is 4.52. The molecule has 0 spiro atoms. The summed E-state index contributed by atoms with van der Waals surface area (Å²) in [7, 11) is 1.40. The topological polar surface area (TPSA) is 26.3 Å². The van der Waals surface area contributed by atoms with Crippen LogP contribution in [0.2, 0.25) is 0 Å². The van der Waals surface area contributed by atoms with E-state index < -0.39 is 0 Å². The second-order valence-electron chi connectivity index (χ2n) is 4.36. The van der Waals surface area contributed by atoms with Crippen molar-refractivity contribution in [1.29, 1.82) is 0 Å². The van der Waals surface area contributed by atoms with Crippen molar-refractivity contribution in [3.05, 3.63) is 48.0 Å². The van der Waals surface area contributed by atoms with Crippen LogP contribution >= 0.6 is 0 Å². The second-order valence-corrected chi connectivity index (χ2v) is 4.36. The molecule has 0 atom stereocenters. The average molecular weight is 246 g/mol. The molecule has 1 aromatic rings. The van der Waals surface area contributed by atoms with Crippen LogP contribution in [0, 0.1) is 0 Å². The van der Waals surface area contributed by atoms with Gasteiger partial charge in [0.15, 0.2) is 0 Å². The highest BCUT2D eigenvalue weighted by atomic mass is 16.5. The predicted molar refractivity (Wildman–Crippen MR) is 74.4 cm³/mol. The molecule has 2 heteroatoms. The van der Waals surface area contributed by atoms with Gasteiger partial charge in [-0.25, -0.2) is 4.79 Å². The summed E-state index contributed by atoms with van der Waals surface area (Å²) in [6.45, 7) is 0. The lowest BCUT2D eigenvalue weighted by atomic mass is 10.1. The minimum atomic E-state index is -0.265. The number of carbonyl (C=O) groups is 1. The first kappa shape index (κ1) is 14.5. The normalized spacial score (nSPS) is 10.7. The van der Waals surface area contributed by atoms with Crippen molar-refractivity contribution in [3.8, 4) is 0 Å². The third-order valence-electron chi connectivity index (χ3n) is 2.88. The van der Waals surface area contributed by atoms with Crippen molar-refractivity contribution >= 4 is 5.97 Å². The molecule has 0 saturated heterocycles. The Labute approximate surface area is 110 Å². The molecule has 0 bridgehead atoms. The number of ether oxygens (including phenoxy) is 1. The lowest BCUT2D eigenvalue weighted by Gasteiger charge is -2.00. The van der Waals surface area contributed by atoms with Crippen LogP contribution in [0.1, 0.15) is 37.7 Å². The summed E-state index contributed by atoms with van der Waals surface area (Å²) >= 11 is 0. The molecule has 1 aromatic carbocycles. The maximum Gasteiger partial charge on any atom is 0.330 e. The van der Waals surface area contributed by atoms with Gasteiger partial charge in [0.05, 0.1) is 7.11 Å². The standard InChI is InChI=1S/C16H22O2/c1-18-16(17)14-10-5-3-2-4-7-11-15-12-8-6-9-13-15/h6,8-10,12-14H,2-5,7,11H2,1H3/b14-10+. The number of benzene rings is 1. The first-order valence-corrected chi connectivity index (χ1v) is 6.61. The van der Waals surface area contributed by atoms with Crippen molar-refractivity contribution in [2.45, 2.75) is 38.5 Å². The van der Waals surface area contributed by atoms with E-state index in [4.69, 9.17) is 0 Å². The Morgan fingerprint density at radius 2 is 1.83 bits per heavy atom. The number of unbranched alkanes of at least 4 members (excludes halogenated alkanes) is 4. The Morgan fingerprint density at radius 3 is 2.56 bits per heavy atom. The van der Waals surface area contributed by atoms with Crippen molar-refractivity contribution in [1.82, 2.24) is 0 Å². The van der Waals surface area contributed by atoms with E-state index in [-0.39, 0.29) is 5.97 Å². The lowest BCUT2D eigenvalue weighted by Crippen LogP contribution is -1.93. The summed E-state index contributed by atoms with van der Waals surface area (Å²) in [5.41, 5.74) is 1.42. The highest BCUT2D eigenvalue weighted by molar-refractivity contribution is 5.81. The fourth-order valence-corrected chi connectivity index (χ4v) is 1.84. The quantitative estimate of drug-likeness (QED) is 0.395. The zero-order chi connectivity index (χ0) is 13.1. The zero-order valence-electron chi connectivity index (χ0n) is 11.1. The molecule has 18 heavy (non-hydrogen) atoms. The number of allylic oxidation sites excluding steroid dienone is 1. The molecule has 0 aromatic heterocycles. The van der Waals surface area contributed by atoms with Crippen LogP contribution in [0.15, 0.2) is 42.5 Å². The molecule has 98 valence electrons. The summed E-state index contributed by atoms with van der Waals surface area (Å²) in [5, 5.41) is 0. The summed E-state index contributed by atoms with van der Waals surface area (Å²) in [5.74, 6) is -0.265. The summed E-state index contributed by atoms with van der Waals surface area (Å²) in [4.78, 5) is 10.8. The fraction of sp³-hybridized carbons (Fsp3) is 0.438. The number of rotatable bonds is 8. The predicted octanol–water partition coefficient (Wildman–Crippen LogP) is 3.91. The van der Waals surface area contributed by atoms with Crippen LogP contribution in [0.25, 0.3) is 0 Å². The lowest BCUT2D eigenvalue weighted by molar-refractivity contribution is -0.134. The van der Waals surface area contributed by atoms with Crippen LogP contribution in [0.4, 0.5) is 0 Å². The van der Waals surface area contributed by atoms with Crippen molar-refractivity contribution in [3.63, 3.8) is 0 Å². The molecule has 0 aliphatic heterocycles. The molecule has 0 heterocycles.